The molecule has 0 unspecified atom stereocenters. The van der Waals surface area contributed by atoms with E-state index in [0.717, 1.165) is 20.5 Å². The van der Waals surface area contributed by atoms with Crippen LogP contribution in [0.2, 0.25) is 0 Å². The number of benzene rings is 1. The Bertz CT molecular complexity index is 762. The third-order valence-electron chi connectivity index (χ3n) is 2.99. The Labute approximate surface area is 142 Å². The standard InChI is InChI=1S/C16H14N4OS2/c21-14(18-10-12-4-2-1-3-5-12)11-22-16-20-19-15(23-16)13-6-8-17-9-7-13/h1-9H,10-11H2,(H,18,21). The number of amides is 1. The van der Waals surface area contributed by atoms with Crippen molar-refractivity contribution in [3.8, 4) is 10.6 Å². The Kier molecular flexibility index (Phi) is 5.33. The maximum atomic E-state index is 11.9. The minimum atomic E-state index is -0.0143. The Hall–Kier alpha value is -2.25. The molecule has 5 nitrogen and oxygen atoms in total. The highest BCUT2D eigenvalue weighted by Gasteiger charge is 2.09. The summed E-state index contributed by atoms with van der Waals surface area (Å²) < 4.78 is 0.784. The van der Waals surface area contributed by atoms with Gasteiger partial charge in [-0.1, -0.05) is 53.4 Å². The SMILES string of the molecule is O=C(CSc1nnc(-c2ccncc2)s1)NCc1ccccc1. The Balaban J connectivity index is 1.49. The van der Waals surface area contributed by atoms with Crippen LogP contribution in [0.3, 0.4) is 0 Å². The molecule has 0 saturated heterocycles. The molecule has 0 aliphatic heterocycles. The van der Waals surface area contributed by atoms with Crippen LogP contribution < -0.4 is 5.32 Å². The third-order valence-corrected chi connectivity index (χ3v) is 5.10. The Morgan fingerprint density at radius 2 is 1.87 bits per heavy atom. The van der Waals surface area contributed by atoms with E-state index in [9.17, 15) is 4.79 Å². The number of carbonyl (C=O) groups excluding carboxylic acids is 1. The van der Waals surface area contributed by atoms with E-state index in [1.807, 2.05) is 42.5 Å². The smallest absolute Gasteiger partial charge is 0.230 e. The van der Waals surface area contributed by atoms with Crippen LogP contribution in [0.5, 0.6) is 0 Å². The average molecular weight is 342 g/mol. The fourth-order valence-corrected chi connectivity index (χ4v) is 3.54. The van der Waals surface area contributed by atoms with Crippen molar-refractivity contribution in [2.24, 2.45) is 0 Å². The second-order valence-corrected chi connectivity index (χ2v) is 6.86. The molecule has 0 fully saturated rings. The molecule has 23 heavy (non-hydrogen) atoms. The van der Waals surface area contributed by atoms with Crippen molar-refractivity contribution in [3.63, 3.8) is 0 Å². The number of hydrogen-bond donors (Lipinski definition) is 1. The normalized spacial score (nSPS) is 10.4. The molecule has 3 aromatic rings. The topological polar surface area (TPSA) is 67.8 Å². The molecule has 3 rings (SSSR count). The number of nitrogens with zero attached hydrogens (tertiary/aromatic N) is 3. The third kappa shape index (κ3) is 4.61. The zero-order valence-corrected chi connectivity index (χ0v) is 13.8. The highest BCUT2D eigenvalue weighted by molar-refractivity contribution is 8.01. The summed E-state index contributed by atoms with van der Waals surface area (Å²) in [6.07, 6.45) is 3.45. The van der Waals surface area contributed by atoms with Crippen molar-refractivity contribution in [2.45, 2.75) is 10.9 Å². The Morgan fingerprint density at radius 3 is 2.65 bits per heavy atom. The second-order valence-electron chi connectivity index (χ2n) is 4.66. The van der Waals surface area contributed by atoms with E-state index in [1.165, 1.54) is 23.1 Å². The molecule has 1 amide bonds. The predicted molar refractivity (Wildman–Crippen MR) is 92.2 cm³/mol. The van der Waals surface area contributed by atoms with Gasteiger partial charge in [0.15, 0.2) is 4.34 Å². The molecule has 7 heteroatoms. The molecule has 0 atom stereocenters. The summed E-state index contributed by atoms with van der Waals surface area (Å²) in [5, 5.41) is 12.0. The van der Waals surface area contributed by atoms with Crippen molar-refractivity contribution < 1.29 is 4.79 Å². The largest absolute Gasteiger partial charge is 0.351 e. The van der Waals surface area contributed by atoms with Gasteiger partial charge in [-0.25, -0.2) is 0 Å². The molecule has 2 heterocycles. The summed E-state index contributed by atoms with van der Waals surface area (Å²) in [6, 6.07) is 13.6. The van der Waals surface area contributed by atoms with Gasteiger partial charge in [-0.2, -0.15) is 0 Å². The summed E-state index contributed by atoms with van der Waals surface area (Å²) in [5.74, 6) is 0.317. The van der Waals surface area contributed by atoms with Gasteiger partial charge in [0.05, 0.1) is 5.75 Å². The lowest BCUT2D eigenvalue weighted by molar-refractivity contribution is -0.118. The van der Waals surface area contributed by atoms with E-state index in [1.54, 1.807) is 12.4 Å². The van der Waals surface area contributed by atoms with Crippen LogP contribution in [0.1, 0.15) is 5.56 Å². The number of thioether (sulfide) groups is 1. The van der Waals surface area contributed by atoms with E-state index in [4.69, 9.17) is 0 Å². The van der Waals surface area contributed by atoms with Gasteiger partial charge in [-0.3, -0.25) is 9.78 Å². The molecule has 0 spiro atoms. The van der Waals surface area contributed by atoms with Crippen LogP contribution in [-0.4, -0.2) is 26.8 Å². The Morgan fingerprint density at radius 1 is 1.09 bits per heavy atom. The van der Waals surface area contributed by atoms with Crippen molar-refractivity contribution in [2.75, 3.05) is 5.75 Å². The van der Waals surface area contributed by atoms with Gasteiger partial charge in [-0.05, 0) is 17.7 Å². The van der Waals surface area contributed by atoms with Crippen LogP contribution in [0.15, 0.2) is 59.2 Å². The molecular weight excluding hydrogens is 328 g/mol. The molecule has 0 saturated carbocycles. The quantitative estimate of drug-likeness (QED) is 0.698. The summed E-state index contributed by atoms with van der Waals surface area (Å²) in [5.41, 5.74) is 2.07. The molecule has 0 aliphatic rings. The number of carbonyl (C=O) groups is 1. The zero-order valence-electron chi connectivity index (χ0n) is 12.2. The molecule has 0 aliphatic carbocycles. The van der Waals surface area contributed by atoms with Crippen LogP contribution >= 0.6 is 23.1 Å². The van der Waals surface area contributed by atoms with E-state index in [2.05, 4.69) is 20.5 Å². The first-order valence-corrected chi connectivity index (χ1v) is 8.79. The van der Waals surface area contributed by atoms with Crippen LogP contribution in [0.4, 0.5) is 0 Å². The van der Waals surface area contributed by atoms with E-state index in [-0.39, 0.29) is 5.91 Å². The number of hydrogen-bond acceptors (Lipinski definition) is 6. The van der Waals surface area contributed by atoms with E-state index in [0.29, 0.717) is 12.3 Å². The average Bonchev–Trinajstić information content (AvgIpc) is 3.09. The van der Waals surface area contributed by atoms with Gasteiger partial charge in [0.1, 0.15) is 5.01 Å². The lowest BCUT2D eigenvalue weighted by Gasteiger charge is -2.03. The number of rotatable bonds is 6. The summed E-state index contributed by atoms with van der Waals surface area (Å²) >= 11 is 2.87. The van der Waals surface area contributed by atoms with Gasteiger partial charge >= 0.3 is 0 Å². The lowest BCUT2D eigenvalue weighted by atomic mass is 10.2. The van der Waals surface area contributed by atoms with Crippen LogP contribution in [0.25, 0.3) is 10.6 Å². The first kappa shape index (κ1) is 15.6. The van der Waals surface area contributed by atoms with Gasteiger partial charge in [-0.15, -0.1) is 10.2 Å². The molecule has 0 bridgehead atoms. The molecule has 1 aromatic carbocycles. The first-order chi connectivity index (χ1) is 11.3. The molecule has 0 radical (unpaired) electrons. The number of nitrogens with one attached hydrogen (secondary N) is 1. The molecule has 116 valence electrons. The minimum Gasteiger partial charge on any atom is -0.351 e. The van der Waals surface area contributed by atoms with E-state index >= 15 is 0 Å². The van der Waals surface area contributed by atoms with E-state index < -0.39 is 0 Å². The lowest BCUT2D eigenvalue weighted by Crippen LogP contribution is -2.24. The predicted octanol–water partition coefficient (Wildman–Crippen LogP) is 3.01. The van der Waals surface area contributed by atoms with Crippen molar-refractivity contribution in [1.82, 2.24) is 20.5 Å². The van der Waals surface area contributed by atoms with Gasteiger partial charge in [0.2, 0.25) is 5.91 Å². The van der Waals surface area contributed by atoms with Crippen molar-refractivity contribution in [1.29, 1.82) is 0 Å². The zero-order chi connectivity index (χ0) is 15.9. The monoisotopic (exact) mass is 342 g/mol. The summed E-state index contributed by atoms with van der Waals surface area (Å²) in [7, 11) is 0. The maximum absolute atomic E-state index is 11.9. The van der Waals surface area contributed by atoms with Gasteiger partial charge < -0.3 is 5.32 Å². The van der Waals surface area contributed by atoms with Crippen LogP contribution in [0, 0.1) is 0 Å². The fraction of sp³-hybridized carbons (Fsp3) is 0.125. The van der Waals surface area contributed by atoms with Crippen LogP contribution in [-0.2, 0) is 11.3 Å². The fourth-order valence-electron chi connectivity index (χ4n) is 1.85. The summed E-state index contributed by atoms with van der Waals surface area (Å²) in [4.78, 5) is 15.9. The van der Waals surface area contributed by atoms with Crippen molar-refractivity contribution >= 4 is 29.0 Å². The maximum Gasteiger partial charge on any atom is 0.230 e. The van der Waals surface area contributed by atoms with Crippen molar-refractivity contribution in [3.05, 3.63) is 60.4 Å². The molecule has 2 aromatic heterocycles. The van der Waals surface area contributed by atoms with Gasteiger partial charge in [0.25, 0.3) is 0 Å². The highest BCUT2D eigenvalue weighted by atomic mass is 32.2. The number of pyridine rings is 1. The molecule has 1 N–H and O–H groups in total. The number of aromatic nitrogens is 3. The minimum absolute atomic E-state index is 0.0143. The first-order valence-electron chi connectivity index (χ1n) is 6.98. The second kappa shape index (κ2) is 7.85. The highest BCUT2D eigenvalue weighted by Crippen LogP contribution is 2.28. The van der Waals surface area contributed by atoms with Gasteiger partial charge in [0, 0.05) is 24.5 Å². The molecular formula is C16H14N4OS2. The summed E-state index contributed by atoms with van der Waals surface area (Å²) in [6.45, 7) is 0.540.